The van der Waals surface area contributed by atoms with Crippen LogP contribution in [0.15, 0.2) is 24.3 Å². The number of phosphoric ester groups is 2. The molecule has 0 rings (SSSR count). The van der Waals surface area contributed by atoms with Crippen LogP contribution in [0.4, 0.5) is 0 Å². The van der Waals surface area contributed by atoms with Crippen LogP contribution in [0.5, 0.6) is 0 Å². The van der Waals surface area contributed by atoms with E-state index in [2.05, 4.69) is 72.8 Å². The lowest BCUT2D eigenvalue weighted by molar-refractivity contribution is -0.161. The molecule has 0 radical (unpaired) electrons. The minimum atomic E-state index is -4.96. The zero-order chi connectivity index (χ0) is 64.5. The third kappa shape index (κ3) is 60.9. The number of aliphatic hydroxyl groups excluding tert-OH is 1. The zero-order valence-electron chi connectivity index (χ0n) is 56.0. The summed E-state index contributed by atoms with van der Waals surface area (Å²) in [6.45, 7) is 11.6. The Morgan fingerprint density at radius 2 is 0.678 bits per heavy atom. The van der Waals surface area contributed by atoms with Crippen LogP contribution in [-0.4, -0.2) is 96.7 Å². The van der Waals surface area contributed by atoms with Gasteiger partial charge in [-0.3, -0.25) is 37.3 Å². The Balaban J connectivity index is 5.29. The van der Waals surface area contributed by atoms with Crippen molar-refractivity contribution in [2.45, 2.75) is 330 Å². The van der Waals surface area contributed by atoms with E-state index in [0.717, 1.165) is 127 Å². The first-order valence-electron chi connectivity index (χ1n) is 34.7. The molecule has 0 aliphatic heterocycles. The number of rotatable bonds is 64. The van der Waals surface area contributed by atoms with Crippen LogP contribution in [0.1, 0.15) is 312 Å². The molecule has 512 valence electrons. The van der Waals surface area contributed by atoms with Crippen LogP contribution in [0.3, 0.4) is 0 Å². The fraction of sp³-hybridized carbons (Fsp3) is 0.882. The van der Waals surface area contributed by atoms with Gasteiger partial charge in [0.1, 0.15) is 19.3 Å². The van der Waals surface area contributed by atoms with Crippen molar-refractivity contribution in [3.05, 3.63) is 24.3 Å². The van der Waals surface area contributed by atoms with Crippen LogP contribution >= 0.6 is 15.6 Å². The number of ether oxygens (including phenoxy) is 4. The predicted octanol–water partition coefficient (Wildman–Crippen LogP) is 18.6. The summed E-state index contributed by atoms with van der Waals surface area (Å²) < 4.78 is 68.1. The molecule has 0 aliphatic rings. The molecule has 0 saturated carbocycles. The molecule has 0 amide bonds. The minimum Gasteiger partial charge on any atom is -0.462 e. The molecule has 0 spiro atoms. The van der Waals surface area contributed by atoms with Gasteiger partial charge < -0.3 is 33.8 Å². The Kier molecular flexibility index (Phi) is 57.0. The molecule has 4 unspecified atom stereocenters. The molecule has 17 nitrogen and oxygen atoms in total. The van der Waals surface area contributed by atoms with Gasteiger partial charge in [0.2, 0.25) is 0 Å². The first-order chi connectivity index (χ1) is 41.8. The fourth-order valence-electron chi connectivity index (χ4n) is 9.61. The quantitative estimate of drug-likeness (QED) is 0.0169. The van der Waals surface area contributed by atoms with Crippen LogP contribution in [-0.2, 0) is 65.4 Å². The van der Waals surface area contributed by atoms with Gasteiger partial charge in [0.05, 0.1) is 26.4 Å². The maximum Gasteiger partial charge on any atom is 0.472 e. The van der Waals surface area contributed by atoms with E-state index in [1.807, 2.05) is 0 Å². The van der Waals surface area contributed by atoms with Crippen molar-refractivity contribution in [3.8, 4) is 0 Å². The Hall–Kier alpha value is -2.46. The lowest BCUT2D eigenvalue weighted by Gasteiger charge is -2.21. The van der Waals surface area contributed by atoms with Crippen molar-refractivity contribution in [3.63, 3.8) is 0 Å². The summed E-state index contributed by atoms with van der Waals surface area (Å²) in [6.07, 6.45) is 44.0. The summed E-state index contributed by atoms with van der Waals surface area (Å²) in [5.74, 6) is 0.00262. The van der Waals surface area contributed by atoms with Gasteiger partial charge in [-0.1, -0.05) is 259 Å². The van der Waals surface area contributed by atoms with E-state index in [1.54, 1.807) is 0 Å². The van der Waals surface area contributed by atoms with Crippen LogP contribution < -0.4 is 0 Å². The Morgan fingerprint density at radius 1 is 0.379 bits per heavy atom. The lowest BCUT2D eigenvalue weighted by Crippen LogP contribution is -2.30. The van der Waals surface area contributed by atoms with E-state index in [4.69, 9.17) is 37.0 Å². The van der Waals surface area contributed by atoms with Crippen molar-refractivity contribution in [2.24, 2.45) is 17.8 Å². The number of allylic oxidation sites excluding steroid dienone is 4. The summed E-state index contributed by atoms with van der Waals surface area (Å²) in [6, 6.07) is 0. The average molecular weight is 1280 g/mol. The van der Waals surface area contributed by atoms with Gasteiger partial charge in [-0.25, -0.2) is 9.13 Å². The molecule has 0 saturated heterocycles. The van der Waals surface area contributed by atoms with Gasteiger partial charge in [0.15, 0.2) is 12.2 Å². The van der Waals surface area contributed by atoms with Crippen molar-refractivity contribution < 1.29 is 80.2 Å². The van der Waals surface area contributed by atoms with Crippen molar-refractivity contribution in [2.75, 3.05) is 39.6 Å². The molecule has 19 heteroatoms. The second-order valence-corrected chi connectivity index (χ2v) is 28.0. The lowest BCUT2D eigenvalue weighted by atomic mass is 10.00. The molecular formula is C68H128O17P2. The molecule has 0 fully saturated rings. The summed E-state index contributed by atoms with van der Waals surface area (Å²) in [7, 11) is -9.91. The van der Waals surface area contributed by atoms with E-state index >= 15 is 0 Å². The number of esters is 4. The predicted molar refractivity (Wildman–Crippen MR) is 349 cm³/mol. The molecule has 0 bridgehead atoms. The van der Waals surface area contributed by atoms with Gasteiger partial charge in [-0.05, 0) is 69.1 Å². The second kappa shape index (κ2) is 58.6. The second-order valence-electron chi connectivity index (χ2n) is 25.1. The van der Waals surface area contributed by atoms with E-state index in [1.165, 1.54) is 96.3 Å². The van der Waals surface area contributed by atoms with E-state index in [9.17, 15) is 43.2 Å². The third-order valence-corrected chi connectivity index (χ3v) is 17.3. The zero-order valence-corrected chi connectivity index (χ0v) is 57.7. The molecule has 0 aromatic heterocycles. The van der Waals surface area contributed by atoms with Crippen molar-refractivity contribution in [1.29, 1.82) is 0 Å². The molecule has 87 heavy (non-hydrogen) atoms. The van der Waals surface area contributed by atoms with Crippen molar-refractivity contribution >= 4 is 39.5 Å². The van der Waals surface area contributed by atoms with Gasteiger partial charge in [-0.15, -0.1) is 0 Å². The fourth-order valence-corrected chi connectivity index (χ4v) is 11.2. The summed E-state index contributed by atoms with van der Waals surface area (Å²) in [5, 5.41) is 10.6. The molecule has 0 aliphatic carbocycles. The minimum absolute atomic E-state index is 0.0836. The molecule has 0 heterocycles. The van der Waals surface area contributed by atoms with Gasteiger partial charge in [0, 0.05) is 25.7 Å². The smallest absolute Gasteiger partial charge is 0.462 e. The molecular weight excluding hydrogens is 1150 g/mol. The molecule has 0 aromatic rings. The summed E-state index contributed by atoms with van der Waals surface area (Å²) >= 11 is 0. The number of hydrogen-bond donors (Lipinski definition) is 3. The van der Waals surface area contributed by atoms with Crippen LogP contribution in [0.2, 0.25) is 0 Å². The van der Waals surface area contributed by atoms with Crippen LogP contribution in [0, 0.1) is 17.8 Å². The number of carbonyl (C=O) groups excluding carboxylic acids is 4. The first-order valence-corrected chi connectivity index (χ1v) is 37.7. The highest BCUT2D eigenvalue weighted by Crippen LogP contribution is 2.45. The largest absolute Gasteiger partial charge is 0.472 e. The SMILES string of the molecule is CCCCCC/C=C\C=C/CCCCCCCC(=O)O[C@H](COC(=O)CCCCCCCCCC(C)C)COP(=O)(O)OCC(O)COP(=O)(O)OC[C@@H](COC(=O)CCCCCCCCC(C)CC)OC(=O)CCCCCCCCCCCC(C)C. The summed E-state index contributed by atoms with van der Waals surface area (Å²) in [4.78, 5) is 72.4. The third-order valence-electron chi connectivity index (χ3n) is 15.4. The monoisotopic (exact) mass is 1280 g/mol. The molecule has 3 N–H and O–H groups in total. The molecule has 6 atom stereocenters. The van der Waals surface area contributed by atoms with Gasteiger partial charge in [0.25, 0.3) is 0 Å². The van der Waals surface area contributed by atoms with E-state index in [0.29, 0.717) is 31.6 Å². The average Bonchev–Trinajstić information content (AvgIpc) is 3.54. The van der Waals surface area contributed by atoms with Crippen LogP contribution in [0.25, 0.3) is 0 Å². The maximum absolute atomic E-state index is 13.0. The Bertz CT molecular complexity index is 1810. The molecule has 0 aromatic carbocycles. The number of hydrogen-bond acceptors (Lipinski definition) is 15. The Morgan fingerprint density at radius 3 is 1.02 bits per heavy atom. The standard InChI is InChI=1S/C68H128O17P2/c1-8-10-11-12-13-14-15-16-17-18-19-22-27-37-44-51-67(72)84-63(55-78-65(70)49-42-35-29-24-26-33-40-47-60(5)6)57-82-86(74,75)80-53-62(69)54-81-87(76,77)83-58-64(56-79-66(71)50-43-36-31-30-34-41-48-61(7)9-2)85-68(73)52-45-38-28-23-20-21-25-32-39-46-59(3)4/h14-17,59-64,69H,8-13,18-58H2,1-7H3,(H,74,75)(H,76,77)/b15-14-,17-16-/t61?,62?,63-,64-/m1/s1. The normalized spacial score (nSPS) is 14.8. The highest BCUT2D eigenvalue weighted by molar-refractivity contribution is 7.47. The van der Waals surface area contributed by atoms with E-state index < -0.39 is 97.5 Å². The highest BCUT2D eigenvalue weighted by Gasteiger charge is 2.30. The van der Waals surface area contributed by atoms with Gasteiger partial charge in [-0.2, -0.15) is 0 Å². The number of carbonyl (C=O) groups is 4. The highest BCUT2D eigenvalue weighted by atomic mass is 31.2. The topological polar surface area (TPSA) is 237 Å². The van der Waals surface area contributed by atoms with Gasteiger partial charge >= 0.3 is 39.5 Å². The number of aliphatic hydroxyl groups is 1. The number of phosphoric acid groups is 2. The number of unbranched alkanes of at least 4 members (excludes halogenated alkanes) is 28. The van der Waals surface area contributed by atoms with E-state index in [-0.39, 0.29) is 25.7 Å². The Labute approximate surface area is 529 Å². The summed E-state index contributed by atoms with van der Waals surface area (Å²) in [5.41, 5.74) is 0. The van der Waals surface area contributed by atoms with Crippen molar-refractivity contribution in [1.82, 2.24) is 0 Å². The maximum atomic E-state index is 13.0. The first kappa shape index (κ1) is 84.5.